The third-order valence-electron chi connectivity index (χ3n) is 3.99. The zero-order valence-electron chi connectivity index (χ0n) is 10.1. The molecule has 2 rings (SSSR count). The summed E-state index contributed by atoms with van der Waals surface area (Å²) in [4.78, 5) is 2.45. The van der Waals surface area contributed by atoms with Crippen LogP contribution in [0.2, 0.25) is 0 Å². The van der Waals surface area contributed by atoms with Crippen LogP contribution in [0.15, 0.2) is 16.8 Å². The third kappa shape index (κ3) is 2.04. The highest BCUT2D eigenvalue weighted by Crippen LogP contribution is 2.36. The van der Waals surface area contributed by atoms with Gasteiger partial charge >= 0.3 is 0 Å². The lowest BCUT2D eigenvalue weighted by Crippen LogP contribution is -2.48. The molecule has 1 N–H and O–H groups in total. The zero-order chi connectivity index (χ0) is 11.6. The lowest BCUT2D eigenvalue weighted by atomic mass is 9.86. The van der Waals surface area contributed by atoms with E-state index < -0.39 is 0 Å². The molecule has 1 fully saturated rings. The van der Waals surface area contributed by atoms with Crippen LogP contribution in [0.4, 0.5) is 0 Å². The Kier molecular flexibility index (Phi) is 3.67. The maximum absolute atomic E-state index is 10.6. The van der Waals surface area contributed by atoms with Crippen molar-refractivity contribution in [1.29, 1.82) is 0 Å². The molecule has 2 heterocycles. The fourth-order valence-corrected chi connectivity index (χ4v) is 3.29. The van der Waals surface area contributed by atoms with E-state index >= 15 is 0 Å². The van der Waals surface area contributed by atoms with Gasteiger partial charge < -0.3 is 5.11 Å². The van der Waals surface area contributed by atoms with E-state index in [-0.39, 0.29) is 11.6 Å². The molecule has 0 bridgehead atoms. The van der Waals surface area contributed by atoms with Gasteiger partial charge in [0.2, 0.25) is 0 Å². The lowest BCUT2D eigenvalue weighted by Gasteiger charge is -2.41. The van der Waals surface area contributed by atoms with Crippen molar-refractivity contribution in [3.05, 3.63) is 22.4 Å². The molecule has 90 valence electrons. The second kappa shape index (κ2) is 4.86. The normalized spacial score (nSPS) is 23.2. The molecule has 0 radical (unpaired) electrons. The van der Waals surface area contributed by atoms with Gasteiger partial charge in [0.25, 0.3) is 0 Å². The molecule has 16 heavy (non-hydrogen) atoms. The first kappa shape index (κ1) is 12.1. The fourth-order valence-electron chi connectivity index (χ4n) is 2.61. The minimum Gasteiger partial charge on any atom is -0.386 e. The molecule has 1 aliphatic heterocycles. The Labute approximate surface area is 102 Å². The molecule has 0 spiro atoms. The fraction of sp³-hybridized carbons (Fsp3) is 0.692. The van der Waals surface area contributed by atoms with Crippen LogP contribution in [0.5, 0.6) is 0 Å². The van der Waals surface area contributed by atoms with Crippen LogP contribution in [-0.2, 0) is 0 Å². The summed E-state index contributed by atoms with van der Waals surface area (Å²) in [6.45, 7) is 6.63. The van der Waals surface area contributed by atoms with Crippen LogP contribution < -0.4 is 0 Å². The van der Waals surface area contributed by atoms with Gasteiger partial charge in [-0.2, -0.15) is 11.3 Å². The molecule has 0 aliphatic carbocycles. The molecular weight excluding hydrogens is 218 g/mol. The summed E-state index contributed by atoms with van der Waals surface area (Å²) < 4.78 is 0. The Morgan fingerprint density at radius 1 is 1.50 bits per heavy atom. The highest BCUT2D eigenvalue weighted by molar-refractivity contribution is 7.07. The number of aliphatic hydroxyl groups excluding tert-OH is 1. The van der Waals surface area contributed by atoms with Crippen LogP contribution >= 0.6 is 11.3 Å². The second-order valence-corrected chi connectivity index (χ2v) is 5.64. The lowest BCUT2D eigenvalue weighted by molar-refractivity contribution is -0.0137. The van der Waals surface area contributed by atoms with Crippen molar-refractivity contribution in [2.24, 2.45) is 0 Å². The van der Waals surface area contributed by atoms with Crippen molar-refractivity contribution in [2.75, 3.05) is 13.1 Å². The molecule has 3 heteroatoms. The summed E-state index contributed by atoms with van der Waals surface area (Å²) in [6, 6.07) is 2.04. The van der Waals surface area contributed by atoms with E-state index in [1.807, 2.05) is 11.4 Å². The summed E-state index contributed by atoms with van der Waals surface area (Å²) in [5.41, 5.74) is 0.971. The summed E-state index contributed by atoms with van der Waals surface area (Å²) in [5.74, 6) is 0. The summed E-state index contributed by atoms with van der Waals surface area (Å²) in [6.07, 6.45) is 3.17. The SMILES string of the molecule is CCC(C)(C(O)c1ccsc1)N1CCCC1. The standard InChI is InChI=1S/C13H21NOS/c1-3-13(2,14-7-4-5-8-14)12(15)11-6-9-16-10-11/h6,9-10,12,15H,3-5,7-8H2,1-2H3. The van der Waals surface area contributed by atoms with Gasteiger partial charge in [-0.3, -0.25) is 4.90 Å². The van der Waals surface area contributed by atoms with E-state index in [4.69, 9.17) is 0 Å². The second-order valence-electron chi connectivity index (χ2n) is 4.86. The number of hydrogen-bond acceptors (Lipinski definition) is 3. The van der Waals surface area contributed by atoms with Crippen molar-refractivity contribution in [3.63, 3.8) is 0 Å². The number of nitrogens with zero attached hydrogens (tertiary/aromatic N) is 1. The Balaban J connectivity index is 2.19. The number of likely N-dealkylation sites (tertiary alicyclic amines) is 1. The number of aliphatic hydroxyl groups is 1. The van der Waals surface area contributed by atoms with Gasteiger partial charge in [-0.05, 0) is 61.7 Å². The molecule has 1 aromatic heterocycles. The molecule has 0 amide bonds. The van der Waals surface area contributed by atoms with Gasteiger partial charge in [-0.15, -0.1) is 0 Å². The van der Waals surface area contributed by atoms with Crippen LogP contribution in [0.25, 0.3) is 0 Å². The Morgan fingerprint density at radius 3 is 2.69 bits per heavy atom. The highest BCUT2D eigenvalue weighted by Gasteiger charge is 2.39. The molecule has 0 aromatic carbocycles. The van der Waals surface area contributed by atoms with Crippen molar-refractivity contribution in [2.45, 2.75) is 44.8 Å². The Hall–Kier alpha value is -0.380. The van der Waals surface area contributed by atoms with E-state index in [1.165, 1.54) is 12.8 Å². The topological polar surface area (TPSA) is 23.5 Å². The van der Waals surface area contributed by atoms with E-state index in [1.54, 1.807) is 11.3 Å². The average molecular weight is 239 g/mol. The number of rotatable bonds is 4. The molecule has 2 atom stereocenters. The van der Waals surface area contributed by atoms with Gasteiger partial charge in [-0.25, -0.2) is 0 Å². The van der Waals surface area contributed by atoms with Crippen LogP contribution in [-0.4, -0.2) is 28.6 Å². The molecule has 1 aromatic rings. The van der Waals surface area contributed by atoms with Gasteiger partial charge in [0.05, 0.1) is 6.10 Å². The maximum Gasteiger partial charge on any atom is 0.0978 e. The van der Waals surface area contributed by atoms with Gasteiger partial charge in [0.15, 0.2) is 0 Å². The molecule has 0 saturated carbocycles. The quantitative estimate of drug-likeness (QED) is 0.873. The monoisotopic (exact) mass is 239 g/mol. The van der Waals surface area contributed by atoms with E-state index in [9.17, 15) is 5.11 Å². The van der Waals surface area contributed by atoms with Crippen molar-refractivity contribution >= 4 is 11.3 Å². The minimum absolute atomic E-state index is 0.0996. The van der Waals surface area contributed by atoms with Crippen molar-refractivity contribution in [3.8, 4) is 0 Å². The summed E-state index contributed by atoms with van der Waals surface area (Å²) in [7, 11) is 0. The minimum atomic E-state index is -0.359. The Morgan fingerprint density at radius 2 is 2.19 bits per heavy atom. The first-order valence-electron chi connectivity index (χ1n) is 6.13. The predicted molar refractivity (Wildman–Crippen MR) is 68.8 cm³/mol. The average Bonchev–Trinajstić information content (AvgIpc) is 2.98. The van der Waals surface area contributed by atoms with Gasteiger partial charge in [-0.1, -0.05) is 6.92 Å². The third-order valence-corrected chi connectivity index (χ3v) is 4.69. The van der Waals surface area contributed by atoms with E-state index in [0.717, 1.165) is 25.1 Å². The van der Waals surface area contributed by atoms with Gasteiger partial charge in [0, 0.05) is 5.54 Å². The first-order valence-corrected chi connectivity index (χ1v) is 7.08. The first-order chi connectivity index (χ1) is 7.68. The Bertz CT molecular complexity index is 319. The largest absolute Gasteiger partial charge is 0.386 e. The van der Waals surface area contributed by atoms with Crippen LogP contribution in [0, 0.1) is 0 Å². The van der Waals surface area contributed by atoms with Crippen molar-refractivity contribution < 1.29 is 5.11 Å². The predicted octanol–water partition coefficient (Wildman–Crippen LogP) is 3.05. The summed E-state index contributed by atoms with van der Waals surface area (Å²) >= 11 is 1.66. The molecular formula is C13H21NOS. The molecule has 1 saturated heterocycles. The zero-order valence-corrected chi connectivity index (χ0v) is 11.0. The van der Waals surface area contributed by atoms with Crippen LogP contribution in [0.3, 0.4) is 0 Å². The molecule has 2 unspecified atom stereocenters. The number of thiophene rings is 1. The molecule has 1 aliphatic rings. The highest BCUT2D eigenvalue weighted by atomic mass is 32.1. The number of hydrogen-bond donors (Lipinski definition) is 1. The maximum atomic E-state index is 10.6. The smallest absolute Gasteiger partial charge is 0.0978 e. The van der Waals surface area contributed by atoms with Gasteiger partial charge in [0.1, 0.15) is 0 Å². The van der Waals surface area contributed by atoms with E-state index in [0.29, 0.717) is 0 Å². The van der Waals surface area contributed by atoms with Crippen LogP contribution in [0.1, 0.15) is 44.8 Å². The molecule has 2 nitrogen and oxygen atoms in total. The van der Waals surface area contributed by atoms with Crippen molar-refractivity contribution in [1.82, 2.24) is 4.90 Å². The van der Waals surface area contributed by atoms with E-state index in [2.05, 4.69) is 24.1 Å². The summed E-state index contributed by atoms with van der Waals surface area (Å²) in [5, 5.41) is 14.7.